The Morgan fingerprint density at radius 1 is 1.50 bits per heavy atom. The van der Waals surface area contributed by atoms with Crippen LogP contribution in [0, 0.1) is 0 Å². The monoisotopic (exact) mass is 251 g/mol. The average molecular weight is 251 g/mol. The minimum absolute atomic E-state index is 0.0896. The van der Waals surface area contributed by atoms with E-state index in [0.717, 1.165) is 0 Å². The molecule has 0 fully saturated rings. The second-order valence-electron chi connectivity index (χ2n) is 3.63. The highest BCUT2D eigenvalue weighted by Gasteiger charge is 2.06. The Kier molecular flexibility index (Phi) is 7.07. The average Bonchev–Trinajstić information content (AvgIpc) is 2.14. The van der Waals surface area contributed by atoms with Gasteiger partial charge in [0.25, 0.3) is 0 Å². The highest BCUT2D eigenvalue weighted by atomic mass is 32.2. The first-order valence-electron chi connectivity index (χ1n) is 5.03. The summed E-state index contributed by atoms with van der Waals surface area (Å²) < 4.78 is 26.8. The Hall–Kier alpha value is -0.820. The third kappa shape index (κ3) is 8.49. The Morgan fingerprint density at radius 2 is 2.12 bits per heavy atom. The largest absolute Gasteiger partial charge is 0.383 e. The van der Waals surface area contributed by atoms with Gasteiger partial charge in [0.1, 0.15) is 9.84 Å². The number of nitrogens with one attached hydrogen (secondary N) is 2. The maximum Gasteiger partial charge on any atom is 0.191 e. The summed E-state index contributed by atoms with van der Waals surface area (Å²) in [4.78, 5) is 3.97. The SMILES string of the molecule is CN=C(NCCS(C)(=O)=O)NC(C)COC. The molecule has 0 heterocycles. The summed E-state index contributed by atoms with van der Waals surface area (Å²) in [5.41, 5.74) is 0. The summed E-state index contributed by atoms with van der Waals surface area (Å²) in [7, 11) is 0.321. The van der Waals surface area contributed by atoms with E-state index in [1.54, 1.807) is 14.2 Å². The van der Waals surface area contributed by atoms with Gasteiger partial charge in [-0.05, 0) is 6.92 Å². The lowest BCUT2D eigenvalue weighted by Crippen LogP contribution is -2.45. The van der Waals surface area contributed by atoms with Crippen molar-refractivity contribution in [2.24, 2.45) is 4.99 Å². The first-order chi connectivity index (χ1) is 7.39. The van der Waals surface area contributed by atoms with Crippen LogP contribution in [0.15, 0.2) is 4.99 Å². The first-order valence-corrected chi connectivity index (χ1v) is 7.09. The van der Waals surface area contributed by atoms with Gasteiger partial charge in [-0.1, -0.05) is 0 Å². The topological polar surface area (TPSA) is 79.8 Å². The Morgan fingerprint density at radius 3 is 2.56 bits per heavy atom. The molecule has 96 valence electrons. The van der Waals surface area contributed by atoms with Gasteiger partial charge in [0, 0.05) is 33.0 Å². The Labute approximate surface area is 97.4 Å². The van der Waals surface area contributed by atoms with Gasteiger partial charge >= 0.3 is 0 Å². The fraction of sp³-hybridized carbons (Fsp3) is 0.889. The smallest absolute Gasteiger partial charge is 0.191 e. The van der Waals surface area contributed by atoms with Gasteiger partial charge in [0.15, 0.2) is 5.96 Å². The van der Waals surface area contributed by atoms with Crippen LogP contribution in [0.5, 0.6) is 0 Å². The van der Waals surface area contributed by atoms with Crippen molar-refractivity contribution in [2.75, 3.05) is 39.3 Å². The number of aliphatic imine (C=N–C) groups is 1. The molecule has 2 N–H and O–H groups in total. The maximum atomic E-state index is 10.9. The lowest BCUT2D eigenvalue weighted by molar-refractivity contribution is 0.179. The number of rotatable bonds is 6. The van der Waals surface area contributed by atoms with Gasteiger partial charge in [0.2, 0.25) is 0 Å². The van der Waals surface area contributed by atoms with Gasteiger partial charge < -0.3 is 15.4 Å². The molecule has 1 unspecified atom stereocenters. The van der Waals surface area contributed by atoms with Crippen molar-refractivity contribution < 1.29 is 13.2 Å². The van der Waals surface area contributed by atoms with Gasteiger partial charge in [-0.3, -0.25) is 4.99 Å². The van der Waals surface area contributed by atoms with Crippen molar-refractivity contribution in [3.63, 3.8) is 0 Å². The zero-order valence-electron chi connectivity index (χ0n) is 10.3. The molecule has 0 aliphatic heterocycles. The quantitative estimate of drug-likeness (QED) is 0.479. The van der Waals surface area contributed by atoms with E-state index >= 15 is 0 Å². The van der Waals surface area contributed by atoms with E-state index in [0.29, 0.717) is 19.1 Å². The molecule has 0 aromatic rings. The molecule has 1 atom stereocenters. The third-order valence-electron chi connectivity index (χ3n) is 1.79. The molecule has 7 heteroatoms. The van der Waals surface area contributed by atoms with Gasteiger partial charge in [0.05, 0.1) is 12.4 Å². The van der Waals surface area contributed by atoms with Crippen molar-refractivity contribution in [2.45, 2.75) is 13.0 Å². The number of ether oxygens (including phenoxy) is 1. The Balaban J connectivity index is 3.94. The predicted octanol–water partition coefficient (Wildman–Crippen LogP) is -0.769. The molecule has 0 spiro atoms. The van der Waals surface area contributed by atoms with Crippen LogP contribution in [0.4, 0.5) is 0 Å². The fourth-order valence-electron chi connectivity index (χ4n) is 1.07. The molecule has 16 heavy (non-hydrogen) atoms. The molecule has 0 aromatic carbocycles. The van der Waals surface area contributed by atoms with E-state index in [1.807, 2.05) is 6.92 Å². The third-order valence-corrected chi connectivity index (χ3v) is 2.73. The normalized spacial score (nSPS) is 14.6. The van der Waals surface area contributed by atoms with E-state index in [1.165, 1.54) is 6.26 Å². The second kappa shape index (κ2) is 7.45. The van der Waals surface area contributed by atoms with Gasteiger partial charge in [-0.25, -0.2) is 8.42 Å². The minimum atomic E-state index is -2.94. The van der Waals surface area contributed by atoms with E-state index in [4.69, 9.17) is 4.74 Å². The van der Waals surface area contributed by atoms with Crippen LogP contribution in [0.3, 0.4) is 0 Å². The summed E-state index contributed by atoms with van der Waals surface area (Å²) in [5, 5.41) is 5.99. The highest BCUT2D eigenvalue weighted by molar-refractivity contribution is 7.90. The number of methoxy groups -OCH3 is 1. The molecular weight excluding hydrogens is 230 g/mol. The van der Waals surface area contributed by atoms with Gasteiger partial charge in [-0.15, -0.1) is 0 Å². The number of guanidine groups is 1. The van der Waals surface area contributed by atoms with Crippen molar-refractivity contribution >= 4 is 15.8 Å². The fourth-order valence-corrected chi connectivity index (χ4v) is 1.55. The molecule has 0 rings (SSSR count). The number of nitrogens with zero attached hydrogens (tertiary/aromatic N) is 1. The molecule has 0 amide bonds. The summed E-state index contributed by atoms with van der Waals surface area (Å²) >= 11 is 0. The lowest BCUT2D eigenvalue weighted by atomic mass is 10.4. The van der Waals surface area contributed by atoms with Crippen LogP contribution < -0.4 is 10.6 Å². The molecule has 0 saturated carbocycles. The Bertz CT molecular complexity index is 314. The second-order valence-corrected chi connectivity index (χ2v) is 5.89. The van der Waals surface area contributed by atoms with Crippen LogP contribution in [0.25, 0.3) is 0 Å². The van der Waals surface area contributed by atoms with Crippen LogP contribution in [0.1, 0.15) is 6.92 Å². The minimum Gasteiger partial charge on any atom is -0.383 e. The summed E-state index contributed by atoms with van der Waals surface area (Å²) in [5.74, 6) is 0.667. The lowest BCUT2D eigenvalue weighted by Gasteiger charge is -2.16. The molecule has 0 saturated heterocycles. The van der Waals surface area contributed by atoms with E-state index in [-0.39, 0.29) is 11.8 Å². The van der Waals surface area contributed by atoms with Crippen molar-refractivity contribution in [1.29, 1.82) is 0 Å². The first kappa shape index (κ1) is 15.2. The molecular formula is C9H21N3O3S. The number of hydrogen-bond acceptors (Lipinski definition) is 4. The van der Waals surface area contributed by atoms with E-state index in [2.05, 4.69) is 15.6 Å². The summed E-state index contributed by atoms with van der Waals surface area (Å²) in [6, 6.07) is 0.120. The zero-order chi connectivity index (χ0) is 12.6. The molecule has 0 bridgehead atoms. The van der Waals surface area contributed by atoms with Crippen molar-refractivity contribution in [3.05, 3.63) is 0 Å². The highest BCUT2D eigenvalue weighted by Crippen LogP contribution is 1.83. The number of sulfone groups is 1. The van der Waals surface area contributed by atoms with Crippen LogP contribution >= 0.6 is 0 Å². The maximum absolute atomic E-state index is 10.9. The standard InChI is InChI=1S/C9H21N3O3S/c1-8(7-15-3)12-9(10-2)11-5-6-16(4,13)14/h8H,5-7H2,1-4H3,(H2,10,11,12). The molecule has 0 radical (unpaired) electrons. The predicted molar refractivity (Wildman–Crippen MR) is 65.5 cm³/mol. The summed E-state index contributed by atoms with van der Waals surface area (Å²) in [6.45, 7) is 2.86. The van der Waals surface area contributed by atoms with Crippen LogP contribution in [-0.4, -0.2) is 59.7 Å². The van der Waals surface area contributed by atoms with Crippen LogP contribution in [0.2, 0.25) is 0 Å². The molecule has 6 nitrogen and oxygen atoms in total. The molecule has 0 aromatic heterocycles. The van der Waals surface area contributed by atoms with E-state index in [9.17, 15) is 8.42 Å². The summed E-state index contributed by atoms with van der Waals surface area (Å²) in [6.07, 6.45) is 1.21. The molecule has 0 aliphatic rings. The zero-order valence-corrected chi connectivity index (χ0v) is 11.1. The van der Waals surface area contributed by atoms with Crippen LogP contribution in [-0.2, 0) is 14.6 Å². The molecule has 0 aliphatic carbocycles. The van der Waals surface area contributed by atoms with Crippen molar-refractivity contribution in [3.8, 4) is 0 Å². The van der Waals surface area contributed by atoms with Crippen molar-refractivity contribution in [1.82, 2.24) is 10.6 Å². The van der Waals surface area contributed by atoms with E-state index < -0.39 is 9.84 Å². The van der Waals surface area contributed by atoms with Gasteiger partial charge in [-0.2, -0.15) is 0 Å². The number of hydrogen-bond donors (Lipinski definition) is 2.